The Balaban J connectivity index is 2.16. The van der Waals surface area contributed by atoms with E-state index < -0.39 is 17.7 Å². The van der Waals surface area contributed by atoms with Gasteiger partial charge in [-0.05, 0) is 12.1 Å². The van der Waals surface area contributed by atoms with Gasteiger partial charge in [-0.3, -0.25) is 19.5 Å². The molecule has 0 bridgehead atoms. The number of aromatic amines is 1. The average molecular weight is 302 g/mol. The number of primary amides is 1. The molecule has 2 rings (SSSR count). The summed E-state index contributed by atoms with van der Waals surface area (Å²) < 4.78 is 1.10. The van der Waals surface area contributed by atoms with E-state index in [1.807, 2.05) is 0 Å². The molecule has 0 spiro atoms. The zero-order valence-electron chi connectivity index (χ0n) is 11.6. The lowest BCUT2D eigenvalue weighted by Gasteiger charge is -2.03. The molecule has 4 N–H and O–H groups in total. The maximum atomic E-state index is 12.0. The number of carbonyl (C=O) groups is 3. The van der Waals surface area contributed by atoms with Crippen molar-refractivity contribution in [3.05, 3.63) is 36.7 Å². The lowest BCUT2D eigenvalue weighted by molar-refractivity contribution is -0.117. The second kappa shape index (κ2) is 6.48. The lowest BCUT2D eigenvalue weighted by Crippen LogP contribution is -2.28. The van der Waals surface area contributed by atoms with Crippen molar-refractivity contribution < 1.29 is 14.4 Å². The Hall–Kier alpha value is -3.23. The van der Waals surface area contributed by atoms with Gasteiger partial charge < -0.3 is 11.1 Å². The largest absolute Gasteiger partial charge is 0.370 e. The minimum atomic E-state index is -0.505. The molecule has 9 nitrogen and oxygen atoms in total. The van der Waals surface area contributed by atoms with Gasteiger partial charge in [0, 0.05) is 19.2 Å². The summed E-state index contributed by atoms with van der Waals surface area (Å²) in [5, 5.41) is 13.1. The van der Waals surface area contributed by atoms with E-state index in [2.05, 4.69) is 27.2 Å². The van der Waals surface area contributed by atoms with E-state index in [9.17, 15) is 14.4 Å². The highest BCUT2D eigenvalue weighted by Gasteiger charge is 2.17. The van der Waals surface area contributed by atoms with Gasteiger partial charge >= 0.3 is 0 Å². The maximum Gasteiger partial charge on any atom is 0.270 e. The molecule has 2 amide bonds. The first kappa shape index (κ1) is 15.2. The van der Waals surface area contributed by atoms with Crippen LogP contribution in [0.2, 0.25) is 0 Å². The molecule has 0 aliphatic rings. The molecule has 22 heavy (non-hydrogen) atoms. The molecule has 0 atom stereocenters. The molecule has 0 saturated heterocycles. The van der Waals surface area contributed by atoms with E-state index in [4.69, 9.17) is 5.73 Å². The van der Waals surface area contributed by atoms with Gasteiger partial charge in [0.05, 0.1) is 17.5 Å². The van der Waals surface area contributed by atoms with E-state index >= 15 is 0 Å². The molecular weight excluding hydrogens is 288 g/mol. The second-order valence-corrected chi connectivity index (χ2v) is 4.32. The molecule has 0 saturated carbocycles. The van der Waals surface area contributed by atoms with Gasteiger partial charge in [-0.2, -0.15) is 10.2 Å². The minimum Gasteiger partial charge on any atom is -0.370 e. The van der Waals surface area contributed by atoms with Gasteiger partial charge in [-0.25, -0.2) is 4.68 Å². The smallest absolute Gasteiger partial charge is 0.270 e. The first-order chi connectivity index (χ1) is 10.5. The summed E-state index contributed by atoms with van der Waals surface area (Å²) in [6, 6.07) is 1.56. The maximum absolute atomic E-state index is 12.0. The molecule has 0 aliphatic heterocycles. The Labute approximate surface area is 125 Å². The predicted molar refractivity (Wildman–Crippen MR) is 76.8 cm³/mol. The van der Waals surface area contributed by atoms with Crippen LogP contribution in [0, 0.1) is 0 Å². The Bertz CT molecular complexity index is 730. The number of amides is 2. The van der Waals surface area contributed by atoms with Crippen LogP contribution < -0.4 is 11.1 Å². The normalized spacial score (nSPS) is 10.2. The van der Waals surface area contributed by atoms with Crippen molar-refractivity contribution >= 4 is 17.7 Å². The molecule has 9 heteroatoms. The van der Waals surface area contributed by atoms with Crippen molar-refractivity contribution in [1.82, 2.24) is 25.3 Å². The van der Waals surface area contributed by atoms with Crippen LogP contribution in [-0.2, 0) is 4.79 Å². The van der Waals surface area contributed by atoms with Crippen molar-refractivity contribution in [1.29, 1.82) is 0 Å². The van der Waals surface area contributed by atoms with Crippen molar-refractivity contribution in [3.63, 3.8) is 0 Å². The summed E-state index contributed by atoms with van der Waals surface area (Å²) in [6.45, 7) is 3.50. The Morgan fingerprint density at radius 2 is 2.23 bits per heavy atom. The molecule has 2 heterocycles. The number of hydrogen-bond acceptors (Lipinski definition) is 5. The quantitative estimate of drug-likeness (QED) is 0.630. The van der Waals surface area contributed by atoms with E-state index in [0.29, 0.717) is 11.4 Å². The van der Waals surface area contributed by atoms with Crippen molar-refractivity contribution in [2.24, 2.45) is 5.73 Å². The molecule has 0 aliphatic carbocycles. The number of aromatic nitrogens is 4. The van der Waals surface area contributed by atoms with Crippen LogP contribution >= 0.6 is 0 Å². The third-order valence-electron chi connectivity index (χ3n) is 2.79. The Morgan fingerprint density at radius 1 is 1.45 bits per heavy atom. The van der Waals surface area contributed by atoms with Crippen LogP contribution in [0.3, 0.4) is 0 Å². The fourth-order valence-electron chi connectivity index (χ4n) is 1.72. The number of H-pyrrole nitrogens is 1. The summed E-state index contributed by atoms with van der Waals surface area (Å²) in [6.07, 6.45) is 3.96. The van der Waals surface area contributed by atoms with Crippen LogP contribution in [-0.4, -0.2) is 44.2 Å². The van der Waals surface area contributed by atoms with Crippen LogP contribution in [0.15, 0.2) is 31.1 Å². The average Bonchev–Trinajstić information content (AvgIpc) is 3.14. The van der Waals surface area contributed by atoms with Crippen LogP contribution in [0.4, 0.5) is 0 Å². The predicted octanol–water partition coefficient (Wildman–Crippen LogP) is -0.295. The molecular formula is C13H14N6O3. The van der Waals surface area contributed by atoms with Gasteiger partial charge in [0.2, 0.25) is 5.91 Å². The van der Waals surface area contributed by atoms with Crippen LogP contribution in [0.25, 0.3) is 11.4 Å². The van der Waals surface area contributed by atoms with E-state index in [0.717, 1.165) is 10.8 Å². The number of rotatable bonds is 6. The Morgan fingerprint density at radius 3 is 2.91 bits per heavy atom. The number of nitrogens with one attached hydrogen (secondary N) is 2. The number of hydrogen-bond donors (Lipinski definition) is 3. The van der Waals surface area contributed by atoms with Gasteiger partial charge in [-0.1, -0.05) is 6.58 Å². The third-order valence-corrected chi connectivity index (χ3v) is 2.79. The van der Waals surface area contributed by atoms with E-state index in [1.54, 1.807) is 6.07 Å². The number of allylic oxidation sites excluding steroid dienone is 1. The molecule has 0 aromatic carbocycles. The highest BCUT2D eigenvalue weighted by atomic mass is 16.2. The minimum absolute atomic E-state index is 0.0430. The summed E-state index contributed by atoms with van der Waals surface area (Å²) >= 11 is 0. The topological polar surface area (TPSA) is 136 Å². The molecule has 0 unspecified atom stereocenters. The van der Waals surface area contributed by atoms with Crippen LogP contribution in [0.5, 0.6) is 0 Å². The monoisotopic (exact) mass is 302 g/mol. The van der Waals surface area contributed by atoms with E-state index in [1.165, 1.54) is 12.4 Å². The molecule has 114 valence electrons. The Kier molecular flexibility index (Phi) is 4.47. The first-order valence-corrected chi connectivity index (χ1v) is 6.35. The van der Waals surface area contributed by atoms with Gasteiger partial charge in [0.15, 0.2) is 0 Å². The molecule has 0 fully saturated rings. The summed E-state index contributed by atoms with van der Waals surface area (Å²) in [5.41, 5.74) is 6.00. The molecule has 2 aromatic heterocycles. The van der Waals surface area contributed by atoms with Gasteiger partial charge in [0.25, 0.3) is 11.8 Å². The van der Waals surface area contributed by atoms with Gasteiger partial charge in [-0.15, -0.1) is 0 Å². The summed E-state index contributed by atoms with van der Waals surface area (Å²) in [5.74, 6) is -1.32. The SMILES string of the molecule is C=CC(=O)n1ccc(-c2[nH]ncc2C(=O)NCCC(N)=O)n1. The van der Waals surface area contributed by atoms with Crippen molar-refractivity contribution in [3.8, 4) is 11.4 Å². The summed E-state index contributed by atoms with van der Waals surface area (Å²) in [7, 11) is 0. The third kappa shape index (κ3) is 3.26. The fourth-order valence-corrected chi connectivity index (χ4v) is 1.72. The zero-order valence-corrected chi connectivity index (χ0v) is 11.6. The number of nitrogens with zero attached hydrogens (tertiary/aromatic N) is 3. The highest BCUT2D eigenvalue weighted by molar-refractivity contribution is 5.99. The van der Waals surface area contributed by atoms with E-state index in [-0.39, 0.29) is 18.5 Å². The molecule has 0 radical (unpaired) electrons. The fraction of sp³-hybridized carbons (Fsp3) is 0.154. The first-order valence-electron chi connectivity index (χ1n) is 6.35. The standard InChI is InChI=1S/C13H14N6O3/c1-2-11(21)19-6-4-9(18-19)12-8(7-16-17-12)13(22)15-5-3-10(14)20/h2,4,6-7H,1,3,5H2,(H2,14,20)(H,15,22)(H,16,17). The number of nitrogens with two attached hydrogens (primary N) is 1. The molecule has 2 aromatic rings. The van der Waals surface area contributed by atoms with Crippen molar-refractivity contribution in [2.45, 2.75) is 6.42 Å². The zero-order chi connectivity index (χ0) is 16.1. The van der Waals surface area contributed by atoms with Gasteiger partial charge in [0.1, 0.15) is 5.69 Å². The summed E-state index contributed by atoms with van der Waals surface area (Å²) in [4.78, 5) is 34.1. The number of carbonyl (C=O) groups excluding carboxylic acids is 3. The second-order valence-electron chi connectivity index (χ2n) is 4.32. The van der Waals surface area contributed by atoms with Crippen molar-refractivity contribution in [2.75, 3.05) is 6.54 Å². The van der Waals surface area contributed by atoms with Crippen LogP contribution in [0.1, 0.15) is 21.6 Å². The highest BCUT2D eigenvalue weighted by Crippen LogP contribution is 2.18. The lowest BCUT2D eigenvalue weighted by atomic mass is 10.2.